The van der Waals surface area contributed by atoms with Crippen LogP contribution in [0.3, 0.4) is 0 Å². The summed E-state index contributed by atoms with van der Waals surface area (Å²) >= 11 is 0. The van der Waals surface area contributed by atoms with Crippen molar-refractivity contribution >= 4 is 22.7 Å². The van der Waals surface area contributed by atoms with Crippen molar-refractivity contribution in [1.82, 2.24) is 0 Å². The molecule has 1 aliphatic rings. The lowest BCUT2D eigenvalue weighted by molar-refractivity contribution is -0.137. The summed E-state index contributed by atoms with van der Waals surface area (Å²) in [5.41, 5.74) is 0.335. The van der Waals surface area contributed by atoms with Crippen LogP contribution in [0.2, 0.25) is 0 Å². The average Bonchev–Trinajstić information content (AvgIpc) is 3.38. The number of carboxylic acids is 1. The molecule has 1 aromatic carbocycles. The van der Waals surface area contributed by atoms with Crippen LogP contribution in [-0.2, 0) is 4.79 Å². The van der Waals surface area contributed by atoms with Crippen molar-refractivity contribution in [3.05, 3.63) is 35.8 Å². The highest BCUT2D eigenvalue weighted by molar-refractivity contribution is 6.00. The lowest BCUT2D eigenvalue weighted by Gasteiger charge is -2.11. The minimum atomic E-state index is -1.03. The number of Topliss-reactive ketones (excluding diaryl/α,β-unsaturated/α-hetero) is 1. The van der Waals surface area contributed by atoms with Crippen LogP contribution in [0.5, 0.6) is 0 Å². The van der Waals surface area contributed by atoms with Gasteiger partial charge in [-0.05, 0) is 43.4 Å². The summed E-state index contributed by atoms with van der Waals surface area (Å²) in [5.74, 6) is -0.750. The molecule has 0 radical (unpaired) electrons. The molecule has 166 valence electrons. The van der Waals surface area contributed by atoms with E-state index in [1.54, 1.807) is 12.1 Å². The molecule has 1 atom stereocenters. The van der Waals surface area contributed by atoms with Gasteiger partial charge in [0, 0.05) is 17.9 Å². The monoisotopic (exact) mass is 420 g/mol. The highest BCUT2D eigenvalue weighted by Crippen LogP contribution is 2.29. The number of aliphatic hydroxyl groups is 1. The second-order valence-corrected chi connectivity index (χ2v) is 8.11. The molecule has 3 rings (SSSR count). The molecule has 1 fully saturated rings. The first-order chi connectivity index (χ1) is 14.4. The Bertz CT molecular complexity index is 807. The molecule has 2 N–H and O–H groups in total. The lowest BCUT2D eigenvalue weighted by atomic mass is 9.97. The Kier molecular flexibility index (Phi) is 10.0. The zero-order valence-electron chi connectivity index (χ0n) is 17.7. The summed E-state index contributed by atoms with van der Waals surface area (Å²) in [6, 6.07) is 5.70. The molecule has 2 aromatic rings. The van der Waals surface area contributed by atoms with Crippen molar-refractivity contribution in [2.45, 2.75) is 83.7 Å². The van der Waals surface area contributed by atoms with Gasteiger partial charge in [0.25, 0.3) is 0 Å². The summed E-state index contributed by atoms with van der Waals surface area (Å²) in [5, 5.41) is 18.9. The normalized spacial score (nSPS) is 15.0. The zero-order chi connectivity index (χ0) is 21.9. The fourth-order valence-electron chi connectivity index (χ4n) is 3.82. The molecular weight excluding hydrogens is 387 g/mol. The second-order valence-electron chi connectivity index (χ2n) is 8.11. The van der Waals surface area contributed by atoms with Crippen LogP contribution in [0.1, 0.15) is 88.1 Å². The molecule has 30 heavy (non-hydrogen) atoms. The van der Waals surface area contributed by atoms with E-state index < -0.39 is 23.7 Å². The first-order valence-electron chi connectivity index (χ1n) is 11.0. The SMILES string of the molecule is CCCCCCC(=O)O.O=C(c1cc2ccc(F)cc2o1)C(O)CCC1CCCC1. The van der Waals surface area contributed by atoms with Gasteiger partial charge in [0.1, 0.15) is 17.5 Å². The van der Waals surface area contributed by atoms with Crippen molar-refractivity contribution < 1.29 is 28.6 Å². The van der Waals surface area contributed by atoms with E-state index in [0.717, 1.165) is 25.7 Å². The van der Waals surface area contributed by atoms with Crippen LogP contribution in [0.25, 0.3) is 11.0 Å². The van der Waals surface area contributed by atoms with Crippen molar-refractivity contribution in [2.75, 3.05) is 0 Å². The predicted molar refractivity (Wildman–Crippen MR) is 114 cm³/mol. The number of unbranched alkanes of at least 4 members (excludes halogenated alkanes) is 3. The number of carbonyl (C=O) groups excluding carboxylic acids is 1. The van der Waals surface area contributed by atoms with E-state index in [1.807, 2.05) is 0 Å². The Morgan fingerprint density at radius 1 is 1.17 bits per heavy atom. The third-order valence-electron chi connectivity index (χ3n) is 5.59. The van der Waals surface area contributed by atoms with Crippen molar-refractivity contribution in [2.24, 2.45) is 5.92 Å². The molecule has 5 nitrogen and oxygen atoms in total. The van der Waals surface area contributed by atoms with Crippen molar-refractivity contribution in [3.8, 4) is 0 Å². The number of aliphatic hydroxyl groups excluding tert-OH is 1. The van der Waals surface area contributed by atoms with E-state index in [9.17, 15) is 19.1 Å². The fourth-order valence-corrected chi connectivity index (χ4v) is 3.82. The highest BCUT2D eigenvalue weighted by Gasteiger charge is 2.23. The molecule has 6 heteroatoms. The Hall–Kier alpha value is -2.21. The smallest absolute Gasteiger partial charge is 0.303 e. The number of carboxylic acid groups (broad SMARTS) is 1. The van der Waals surface area contributed by atoms with E-state index in [4.69, 9.17) is 9.52 Å². The summed E-state index contributed by atoms with van der Waals surface area (Å²) in [6.45, 7) is 2.11. The van der Waals surface area contributed by atoms with Crippen LogP contribution < -0.4 is 0 Å². The Balaban J connectivity index is 0.000000303. The predicted octanol–water partition coefficient (Wildman–Crippen LogP) is 6.13. The van der Waals surface area contributed by atoms with E-state index >= 15 is 0 Å². The van der Waals surface area contributed by atoms with Gasteiger partial charge in [0.2, 0.25) is 5.78 Å². The Morgan fingerprint density at radius 3 is 2.57 bits per heavy atom. The molecular formula is C24H33FO5. The van der Waals surface area contributed by atoms with Crippen LogP contribution in [-0.4, -0.2) is 28.1 Å². The maximum Gasteiger partial charge on any atom is 0.303 e. The number of hydrogen-bond acceptors (Lipinski definition) is 4. The number of furan rings is 1. The Labute approximate surface area is 177 Å². The summed E-state index contributed by atoms with van der Waals surface area (Å²) < 4.78 is 18.5. The first kappa shape index (κ1) is 24.1. The summed E-state index contributed by atoms with van der Waals surface area (Å²) in [6.07, 6.45) is 9.77. The van der Waals surface area contributed by atoms with Crippen LogP contribution in [0.15, 0.2) is 28.7 Å². The quantitative estimate of drug-likeness (QED) is 0.357. The van der Waals surface area contributed by atoms with Crippen LogP contribution >= 0.6 is 0 Å². The summed E-state index contributed by atoms with van der Waals surface area (Å²) in [7, 11) is 0. The van der Waals surface area contributed by atoms with Crippen molar-refractivity contribution in [3.63, 3.8) is 0 Å². The first-order valence-corrected chi connectivity index (χ1v) is 11.0. The number of rotatable bonds is 10. The second kappa shape index (κ2) is 12.5. The van der Waals surface area contributed by atoms with Crippen molar-refractivity contribution in [1.29, 1.82) is 0 Å². The van der Waals surface area contributed by atoms with Gasteiger partial charge >= 0.3 is 5.97 Å². The number of hydrogen-bond donors (Lipinski definition) is 2. The fraction of sp³-hybridized carbons (Fsp3) is 0.583. The molecule has 0 aliphatic heterocycles. The maximum absolute atomic E-state index is 13.1. The molecule has 0 spiro atoms. The van der Waals surface area contributed by atoms with Gasteiger partial charge in [-0.2, -0.15) is 0 Å². The number of fused-ring (bicyclic) bond motifs is 1. The molecule has 1 aromatic heterocycles. The molecule has 0 amide bonds. The third-order valence-corrected chi connectivity index (χ3v) is 5.59. The van der Waals surface area contributed by atoms with Gasteiger partial charge in [-0.3, -0.25) is 9.59 Å². The minimum absolute atomic E-state index is 0.106. The van der Waals surface area contributed by atoms with E-state index in [0.29, 0.717) is 29.7 Å². The standard InChI is InChI=1S/C17H19FO3.C7H14O2/c18-13-7-6-12-9-16(21-15(12)10-13)17(20)14(19)8-5-11-3-1-2-4-11;1-2-3-4-5-6-7(8)9/h6-7,9-11,14,19H,1-5,8H2;2-6H2,1H3,(H,8,9). The number of ketones is 1. The molecule has 1 aliphatic carbocycles. The van der Waals surface area contributed by atoms with E-state index in [2.05, 4.69) is 6.92 Å². The largest absolute Gasteiger partial charge is 0.481 e. The summed E-state index contributed by atoms with van der Waals surface area (Å²) in [4.78, 5) is 22.1. The van der Waals surface area contributed by atoms with Gasteiger partial charge in [-0.1, -0.05) is 51.9 Å². The van der Waals surface area contributed by atoms with Gasteiger partial charge in [-0.25, -0.2) is 4.39 Å². The topological polar surface area (TPSA) is 87.7 Å². The van der Waals surface area contributed by atoms with Gasteiger partial charge in [0.15, 0.2) is 5.76 Å². The van der Waals surface area contributed by atoms with E-state index in [-0.39, 0.29) is 5.76 Å². The highest BCUT2D eigenvalue weighted by atomic mass is 19.1. The molecule has 1 saturated carbocycles. The average molecular weight is 421 g/mol. The Morgan fingerprint density at radius 2 is 1.90 bits per heavy atom. The molecule has 1 unspecified atom stereocenters. The van der Waals surface area contributed by atoms with Crippen LogP contribution in [0, 0.1) is 11.7 Å². The lowest BCUT2D eigenvalue weighted by Crippen LogP contribution is -2.20. The van der Waals surface area contributed by atoms with Gasteiger partial charge < -0.3 is 14.6 Å². The minimum Gasteiger partial charge on any atom is -0.481 e. The number of aliphatic carboxylic acids is 1. The number of halogens is 1. The molecule has 1 heterocycles. The van der Waals surface area contributed by atoms with Gasteiger partial charge in [-0.15, -0.1) is 0 Å². The third kappa shape index (κ3) is 7.90. The number of carbonyl (C=O) groups is 2. The maximum atomic E-state index is 13.1. The van der Waals surface area contributed by atoms with Gasteiger partial charge in [0.05, 0.1) is 0 Å². The molecule has 0 saturated heterocycles. The number of benzene rings is 1. The van der Waals surface area contributed by atoms with E-state index in [1.165, 1.54) is 44.2 Å². The van der Waals surface area contributed by atoms with Crippen LogP contribution in [0.4, 0.5) is 4.39 Å². The molecule has 0 bridgehead atoms. The zero-order valence-corrected chi connectivity index (χ0v) is 17.7.